The van der Waals surface area contributed by atoms with Gasteiger partial charge in [0.15, 0.2) is 0 Å². The number of aromatic nitrogens is 1. The highest BCUT2D eigenvalue weighted by Gasteiger charge is 2.23. The van der Waals surface area contributed by atoms with E-state index in [4.69, 9.17) is 0 Å². The molecular weight excluding hydrogens is 434 g/mol. The van der Waals surface area contributed by atoms with Crippen LogP contribution in [-0.2, 0) is 29.1 Å². The lowest BCUT2D eigenvalue weighted by Crippen LogP contribution is -2.45. The van der Waals surface area contributed by atoms with E-state index in [1.807, 2.05) is 73.3 Å². The van der Waals surface area contributed by atoms with Crippen LogP contribution < -0.4 is 0 Å². The molecular formula is C30H39N3O2. The minimum absolute atomic E-state index is 0.00312. The summed E-state index contributed by atoms with van der Waals surface area (Å²) in [5.41, 5.74) is 3.46. The summed E-state index contributed by atoms with van der Waals surface area (Å²) in [5.74, 6) is 0.0448. The van der Waals surface area contributed by atoms with Crippen molar-refractivity contribution in [3.8, 4) is 0 Å². The first-order valence-corrected chi connectivity index (χ1v) is 12.8. The Labute approximate surface area is 210 Å². The van der Waals surface area contributed by atoms with Crippen molar-refractivity contribution in [3.63, 3.8) is 0 Å². The standard InChI is InChI=1S/C30H39N3O2/c1-4-5-20-32(29(34)19-18-26-13-8-6-9-14-26)24-30(35)33(25(2)3)23-28-17-12-21-31(28)22-27-15-10-7-11-16-27/h6-17,21,25H,4-5,18-20,22-24H2,1-3H3. The van der Waals surface area contributed by atoms with E-state index in [0.29, 0.717) is 25.9 Å². The second-order valence-corrected chi connectivity index (χ2v) is 9.38. The van der Waals surface area contributed by atoms with E-state index in [1.54, 1.807) is 4.90 Å². The number of aryl methyl sites for hydroxylation is 1. The van der Waals surface area contributed by atoms with E-state index < -0.39 is 0 Å². The van der Waals surface area contributed by atoms with E-state index >= 15 is 0 Å². The molecule has 5 heteroatoms. The highest BCUT2D eigenvalue weighted by atomic mass is 16.2. The molecule has 2 amide bonds. The molecule has 0 aliphatic rings. The normalized spacial score (nSPS) is 11.0. The molecule has 0 N–H and O–H groups in total. The molecule has 0 fully saturated rings. The summed E-state index contributed by atoms with van der Waals surface area (Å²) in [4.78, 5) is 30.2. The Kier molecular flexibility index (Phi) is 10.1. The van der Waals surface area contributed by atoms with E-state index in [-0.39, 0.29) is 24.4 Å². The molecule has 0 saturated heterocycles. The van der Waals surface area contributed by atoms with E-state index in [9.17, 15) is 9.59 Å². The third-order valence-corrected chi connectivity index (χ3v) is 6.33. The van der Waals surface area contributed by atoms with Crippen LogP contribution in [0.4, 0.5) is 0 Å². The van der Waals surface area contributed by atoms with Gasteiger partial charge < -0.3 is 14.4 Å². The smallest absolute Gasteiger partial charge is 0.242 e. The maximum atomic E-state index is 13.5. The summed E-state index contributed by atoms with van der Waals surface area (Å²) in [6.07, 6.45) is 5.05. The molecule has 0 aliphatic heterocycles. The van der Waals surface area contributed by atoms with Gasteiger partial charge in [0, 0.05) is 37.4 Å². The van der Waals surface area contributed by atoms with Gasteiger partial charge in [-0.25, -0.2) is 0 Å². The van der Waals surface area contributed by atoms with Crippen LogP contribution in [0.2, 0.25) is 0 Å². The Bertz CT molecular complexity index is 1040. The van der Waals surface area contributed by atoms with Crippen LogP contribution >= 0.6 is 0 Å². The summed E-state index contributed by atoms with van der Waals surface area (Å²) in [6.45, 7) is 8.22. The number of carbonyl (C=O) groups excluding carboxylic acids is 2. The molecule has 0 aliphatic carbocycles. The van der Waals surface area contributed by atoms with Crippen molar-refractivity contribution in [2.45, 2.75) is 65.6 Å². The van der Waals surface area contributed by atoms with Gasteiger partial charge in [-0.2, -0.15) is 0 Å². The molecule has 186 valence electrons. The zero-order valence-electron chi connectivity index (χ0n) is 21.4. The van der Waals surface area contributed by atoms with Crippen molar-refractivity contribution in [1.82, 2.24) is 14.4 Å². The van der Waals surface area contributed by atoms with Gasteiger partial charge in [0.1, 0.15) is 0 Å². The highest BCUT2D eigenvalue weighted by molar-refractivity contribution is 5.85. The first kappa shape index (κ1) is 26.3. The van der Waals surface area contributed by atoms with E-state index in [1.165, 1.54) is 5.56 Å². The van der Waals surface area contributed by atoms with Gasteiger partial charge in [0.2, 0.25) is 11.8 Å². The molecule has 0 saturated carbocycles. The third kappa shape index (κ3) is 8.13. The highest BCUT2D eigenvalue weighted by Crippen LogP contribution is 2.14. The van der Waals surface area contributed by atoms with Crippen molar-refractivity contribution in [2.75, 3.05) is 13.1 Å². The first-order valence-electron chi connectivity index (χ1n) is 12.8. The number of hydrogen-bond donors (Lipinski definition) is 0. The second-order valence-electron chi connectivity index (χ2n) is 9.38. The SMILES string of the molecule is CCCCN(CC(=O)N(Cc1cccn1Cc1ccccc1)C(C)C)C(=O)CCc1ccccc1. The van der Waals surface area contributed by atoms with Gasteiger partial charge in [0.25, 0.3) is 0 Å². The van der Waals surface area contributed by atoms with Crippen LogP contribution in [0.5, 0.6) is 0 Å². The van der Waals surface area contributed by atoms with Crippen molar-refractivity contribution in [1.29, 1.82) is 0 Å². The molecule has 0 bridgehead atoms. The largest absolute Gasteiger partial charge is 0.345 e. The van der Waals surface area contributed by atoms with E-state index in [2.05, 4.69) is 35.9 Å². The summed E-state index contributed by atoms with van der Waals surface area (Å²) in [6, 6.07) is 24.5. The lowest BCUT2D eigenvalue weighted by molar-refractivity contribution is -0.142. The lowest BCUT2D eigenvalue weighted by atomic mass is 10.1. The minimum Gasteiger partial charge on any atom is -0.345 e. The number of nitrogens with zero attached hydrogens (tertiary/aromatic N) is 3. The number of amides is 2. The molecule has 1 heterocycles. The maximum absolute atomic E-state index is 13.5. The van der Waals surface area contributed by atoms with Crippen LogP contribution in [0.25, 0.3) is 0 Å². The van der Waals surface area contributed by atoms with Crippen LogP contribution in [-0.4, -0.2) is 45.3 Å². The summed E-state index contributed by atoms with van der Waals surface area (Å²) >= 11 is 0. The number of carbonyl (C=O) groups is 2. The molecule has 5 nitrogen and oxygen atoms in total. The molecule has 2 aromatic carbocycles. The molecule has 1 aromatic heterocycles. The summed E-state index contributed by atoms with van der Waals surface area (Å²) in [7, 11) is 0. The monoisotopic (exact) mass is 473 g/mol. The zero-order chi connectivity index (χ0) is 25.0. The summed E-state index contributed by atoms with van der Waals surface area (Å²) < 4.78 is 2.19. The fourth-order valence-corrected chi connectivity index (χ4v) is 4.21. The van der Waals surface area contributed by atoms with Crippen molar-refractivity contribution in [3.05, 3.63) is 95.8 Å². The van der Waals surface area contributed by atoms with Gasteiger partial charge in [0.05, 0.1) is 13.1 Å². The molecule has 0 unspecified atom stereocenters. The first-order chi connectivity index (χ1) is 17.0. The predicted octanol–water partition coefficient (Wildman–Crippen LogP) is 5.53. The molecule has 0 spiro atoms. The Morgan fingerprint density at radius 2 is 1.51 bits per heavy atom. The predicted molar refractivity (Wildman–Crippen MR) is 142 cm³/mol. The molecule has 3 aromatic rings. The van der Waals surface area contributed by atoms with E-state index in [0.717, 1.165) is 30.6 Å². The quantitative estimate of drug-likeness (QED) is 0.327. The Morgan fingerprint density at radius 1 is 0.857 bits per heavy atom. The van der Waals surface area contributed by atoms with Gasteiger partial charge in [-0.3, -0.25) is 9.59 Å². The Hall–Kier alpha value is -3.34. The molecule has 35 heavy (non-hydrogen) atoms. The number of hydrogen-bond acceptors (Lipinski definition) is 2. The van der Waals surface area contributed by atoms with Gasteiger partial charge in [-0.15, -0.1) is 0 Å². The molecule has 0 radical (unpaired) electrons. The third-order valence-electron chi connectivity index (χ3n) is 6.33. The van der Waals surface area contributed by atoms with Gasteiger partial charge in [-0.1, -0.05) is 74.0 Å². The van der Waals surface area contributed by atoms with Crippen LogP contribution in [0.3, 0.4) is 0 Å². The topological polar surface area (TPSA) is 45.6 Å². The second kappa shape index (κ2) is 13.5. The summed E-state index contributed by atoms with van der Waals surface area (Å²) in [5, 5.41) is 0. The zero-order valence-corrected chi connectivity index (χ0v) is 21.4. The minimum atomic E-state index is -0.00312. The van der Waals surface area contributed by atoms with Gasteiger partial charge in [-0.05, 0) is 49.9 Å². The van der Waals surface area contributed by atoms with Crippen molar-refractivity contribution < 1.29 is 9.59 Å². The van der Waals surface area contributed by atoms with Crippen LogP contribution in [0, 0.1) is 0 Å². The van der Waals surface area contributed by atoms with Crippen LogP contribution in [0.15, 0.2) is 79.0 Å². The Balaban J connectivity index is 1.66. The lowest BCUT2D eigenvalue weighted by Gasteiger charge is -2.31. The van der Waals surface area contributed by atoms with Crippen molar-refractivity contribution in [2.24, 2.45) is 0 Å². The fourth-order valence-electron chi connectivity index (χ4n) is 4.21. The average molecular weight is 474 g/mol. The number of benzene rings is 2. The molecule has 0 atom stereocenters. The average Bonchev–Trinajstić information content (AvgIpc) is 3.31. The maximum Gasteiger partial charge on any atom is 0.242 e. The number of unbranched alkanes of at least 4 members (excludes halogenated alkanes) is 1. The van der Waals surface area contributed by atoms with Crippen molar-refractivity contribution >= 4 is 11.8 Å². The fraction of sp³-hybridized carbons (Fsp3) is 0.400. The number of rotatable bonds is 13. The Morgan fingerprint density at radius 3 is 2.14 bits per heavy atom. The van der Waals surface area contributed by atoms with Gasteiger partial charge >= 0.3 is 0 Å². The van der Waals surface area contributed by atoms with Crippen LogP contribution in [0.1, 0.15) is 56.9 Å². The molecule has 3 rings (SSSR count).